The molecule has 0 atom stereocenters. The second-order valence-corrected chi connectivity index (χ2v) is 6.91. The Morgan fingerprint density at radius 2 is 1.86 bits per heavy atom. The number of rotatable bonds is 5. The summed E-state index contributed by atoms with van der Waals surface area (Å²) in [4.78, 5) is 0.315. The molecule has 2 aromatic carbocycles. The van der Waals surface area contributed by atoms with Gasteiger partial charge in [-0.3, -0.25) is 0 Å². The maximum atomic E-state index is 11.7. The van der Waals surface area contributed by atoms with E-state index in [4.69, 9.17) is 4.74 Å². The summed E-state index contributed by atoms with van der Waals surface area (Å²) in [5.41, 5.74) is 2.73. The quantitative estimate of drug-likeness (QED) is 0.922. The number of hydrogen-bond donors (Lipinski definition) is 1. The monoisotopic (exact) mass is 305 g/mol. The molecule has 0 saturated heterocycles. The fourth-order valence-corrected chi connectivity index (χ4v) is 3.05. The summed E-state index contributed by atoms with van der Waals surface area (Å²) in [6, 6.07) is 12.8. The van der Waals surface area contributed by atoms with E-state index in [0.29, 0.717) is 17.1 Å². The van der Waals surface area contributed by atoms with Crippen LogP contribution in [0.1, 0.15) is 11.1 Å². The van der Waals surface area contributed by atoms with Gasteiger partial charge in [-0.15, -0.1) is 0 Å². The van der Waals surface area contributed by atoms with Gasteiger partial charge in [-0.1, -0.05) is 24.3 Å². The van der Waals surface area contributed by atoms with Gasteiger partial charge in [-0.2, -0.15) is 0 Å². The molecule has 0 saturated carbocycles. The first-order chi connectivity index (χ1) is 9.91. The van der Waals surface area contributed by atoms with Crippen molar-refractivity contribution in [3.8, 4) is 5.75 Å². The SMILES string of the molecule is COc1ccc(CNc2ccccc2S(C)(=O)=O)cc1C. The van der Waals surface area contributed by atoms with Gasteiger partial charge in [-0.05, 0) is 36.2 Å². The van der Waals surface area contributed by atoms with Gasteiger partial charge in [0.05, 0.1) is 17.7 Å². The van der Waals surface area contributed by atoms with Gasteiger partial charge in [0.25, 0.3) is 0 Å². The van der Waals surface area contributed by atoms with E-state index < -0.39 is 9.84 Å². The third kappa shape index (κ3) is 3.76. The first kappa shape index (κ1) is 15.4. The number of benzene rings is 2. The molecule has 2 aromatic rings. The van der Waals surface area contributed by atoms with Gasteiger partial charge in [0.15, 0.2) is 9.84 Å². The number of methoxy groups -OCH3 is 1. The topological polar surface area (TPSA) is 55.4 Å². The molecule has 1 N–H and O–H groups in total. The average Bonchev–Trinajstić information content (AvgIpc) is 2.44. The van der Waals surface area contributed by atoms with Crippen molar-refractivity contribution in [3.63, 3.8) is 0 Å². The average molecular weight is 305 g/mol. The minimum atomic E-state index is -3.24. The lowest BCUT2D eigenvalue weighted by Crippen LogP contribution is -2.06. The maximum Gasteiger partial charge on any atom is 0.177 e. The number of nitrogens with one attached hydrogen (secondary N) is 1. The summed E-state index contributed by atoms with van der Waals surface area (Å²) in [6.45, 7) is 2.53. The molecule has 5 heteroatoms. The zero-order valence-electron chi connectivity index (χ0n) is 12.4. The smallest absolute Gasteiger partial charge is 0.177 e. The summed E-state index contributed by atoms with van der Waals surface area (Å²) in [5, 5.41) is 3.18. The zero-order valence-corrected chi connectivity index (χ0v) is 13.2. The van der Waals surface area contributed by atoms with Crippen LogP contribution in [0.3, 0.4) is 0 Å². The second-order valence-electron chi connectivity index (χ2n) is 4.93. The molecule has 0 amide bonds. The van der Waals surface area contributed by atoms with Crippen LogP contribution in [-0.2, 0) is 16.4 Å². The van der Waals surface area contributed by atoms with E-state index in [1.54, 1.807) is 25.3 Å². The van der Waals surface area contributed by atoms with Crippen LogP contribution in [0.5, 0.6) is 5.75 Å². The highest BCUT2D eigenvalue weighted by Gasteiger charge is 2.12. The fraction of sp³-hybridized carbons (Fsp3) is 0.250. The van der Waals surface area contributed by atoms with Gasteiger partial charge in [0.1, 0.15) is 5.75 Å². The van der Waals surface area contributed by atoms with Crippen molar-refractivity contribution in [1.82, 2.24) is 0 Å². The summed E-state index contributed by atoms with van der Waals surface area (Å²) >= 11 is 0. The van der Waals surface area contributed by atoms with E-state index in [9.17, 15) is 8.42 Å². The normalized spacial score (nSPS) is 11.2. The Balaban J connectivity index is 2.19. The lowest BCUT2D eigenvalue weighted by molar-refractivity contribution is 0.411. The molecule has 0 aliphatic carbocycles. The third-order valence-electron chi connectivity index (χ3n) is 3.23. The minimum Gasteiger partial charge on any atom is -0.496 e. The van der Waals surface area contributed by atoms with E-state index in [1.165, 1.54) is 6.26 Å². The number of ether oxygens (including phenoxy) is 1. The first-order valence-corrected chi connectivity index (χ1v) is 8.47. The number of anilines is 1. The van der Waals surface area contributed by atoms with Crippen molar-refractivity contribution in [2.75, 3.05) is 18.7 Å². The summed E-state index contributed by atoms with van der Waals surface area (Å²) < 4.78 is 28.7. The van der Waals surface area contributed by atoms with Crippen LogP contribution in [0.25, 0.3) is 0 Å². The molecular formula is C16H19NO3S. The number of sulfone groups is 1. The second kappa shape index (κ2) is 6.18. The lowest BCUT2D eigenvalue weighted by atomic mass is 10.1. The van der Waals surface area contributed by atoms with Gasteiger partial charge in [0, 0.05) is 12.8 Å². The highest BCUT2D eigenvalue weighted by molar-refractivity contribution is 7.90. The predicted molar refractivity (Wildman–Crippen MR) is 84.6 cm³/mol. The zero-order chi connectivity index (χ0) is 15.5. The Kier molecular flexibility index (Phi) is 4.53. The molecule has 21 heavy (non-hydrogen) atoms. The van der Waals surface area contributed by atoms with Crippen molar-refractivity contribution >= 4 is 15.5 Å². The molecule has 0 heterocycles. The number of hydrogen-bond acceptors (Lipinski definition) is 4. The number of aryl methyl sites for hydroxylation is 1. The Morgan fingerprint density at radius 3 is 2.48 bits per heavy atom. The Hall–Kier alpha value is -2.01. The van der Waals surface area contributed by atoms with Gasteiger partial charge in [-0.25, -0.2) is 8.42 Å². The van der Waals surface area contributed by atoms with E-state index in [-0.39, 0.29) is 0 Å². The van der Waals surface area contributed by atoms with E-state index in [0.717, 1.165) is 16.9 Å². The summed E-state index contributed by atoms with van der Waals surface area (Å²) in [5.74, 6) is 0.843. The third-order valence-corrected chi connectivity index (χ3v) is 4.38. The summed E-state index contributed by atoms with van der Waals surface area (Å²) in [7, 11) is -1.60. The standard InChI is InChI=1S/C16H19NO3S/c1-12-10-13(8-9-15(12)20-2)11-17-14-6-4-5-7-16(14)21(3,18)19/h4-10,17H,11H2,1-3H3. The maximum absolute atomic E-state index is 11.7. The van der Waals surface area contributed by atoms with Gasteiger partial charge < -0.3 is 10.1 Å². The molecule has 0 aliphatic rings. The van der Waals surface area contributed by atoms with E-state index >= 15 is 0 Å². The molecule has 0 aliphatic heterocycles. The predicted octanol–water partition coefficient (Wildman–Crippen LogP) is 3.02. The molecule has 0 fully saturated rings. The minimum absolute atomic E-state index is 0.315. The lowest BCUT2D eigenvalue weighted by Gasteiger charge is -2.12. The van der Waals surface area contributed by atoms with Crippen LogP contribution in [0.2, 0.25) is 0 Å². The molecule has 2 rings (SSSR count). The Morgan fingerprint density at radius 1 is 1.14 bits per heavy atom. The highest BCUT2D eigenvalue weighted by atomic mass is 32.2. The molecule has 0 unspecified atom stereocenters. The number of para-hydroxylation sites is 1. The Bertz CT molecular complexity index is 739. The van der Waals surface area contributed by atoms with Gasteiger partial charge >= 0.3 is 0 Å². The largest absolute Gasteiger partial charge is 0.496 e. The van der Waals surface area contributed by atoms with Crippen LogP contribution < -0.4 is 10.1 Å². The highest BCUT2D eigenvalue weighted by Crippen LogP contribution is 2.23. The van der Waals surface area contributed by atoms with Crippen molar-refractivity contribution in [2.24, 2.45) is 0 Å². The van der Waals surface area contributed by atoms with Crippen LogP contribution in [0.4, 0.5) is 5.69 Å². The van der Waals surface area contributed by atoms with Crippen molar-refractivity contribution in [3.05, 3.63) is 53.6 Å². The molecule has 0 spiro atoms. The fourth-order valence-electron chi connectivity index (χ4n) is 2.18. The molecule has 0 bridgehead atoms. The van der Waals surface area contributed by atoms with Crippen molar-refractivity contribution < 1.29 is 13.2 Å². The van der Waals surface area contributed by atoms with Crippen LogP contribution in [0.15, 0.2) is 47.4 Å². The molecule has 0 aromatic heterocycles. The first-order valence-electron chi connectivity index (χ1n) is 6.58. The van der Waals surface area contributed by atoms with Crippen LogP contribution in [0, 0.1) is 6.92 Å². The van der Waals surface area contributed by atoms with Crippen molar-refractivity contribution in [1.29, 1.82) is 0 Å². The molecular weight excluding hydrogens is 286 g/mol. The van der Waals surface area contributed by atoms with Crippen LogP contribution in [-0.4, -0.2) is 21.8 Å². The van der Waals surface area contributed by atoms with E-state index in [1.807, 2.05) is 31.2 Å². The molecule has 0 radical (unpaired) electrons. The van der Waals surface area contributed by atoms with Crippen LogP contribution >= 0.6 is 0 Å². The Labute approximate surface area is 125 Å². The van der Waals surface area contributed by atoms with Crippen molar-refractivity contribution in [2.45, 2.75) is 18.4 Å². The van der Waals surface area contributed by atoms with Gasteiger partial charge in [0.2, 0.25) is 0 Å². The molecule has 112 valence electrons. The van der Waals surface area contributed by atoms with E-state index in [2.05, 4.69) is 5.32 Å². The summed E-state index contributed by atoms with van der Waals surface area (Å²) in [6.07, 6.45) is 1.21. The molecule has 4 nitrogen and oxygen atoms in total.